The summed E-state index contributed by atoms with van der Waals surface area (Å²) >= 11 is 0. The largest absolute Gasteiger partial charge is 0.369 e. The number of fused-ring (bicyclic) bond motifs is 1. The van der Waals surface area contributed by atoms with Gasteiger partial charge in [-0.3, -0.25) is 14.3 Å². The van der Waals surface area contributed by atoms with Crippen molar-refractivity contribution in [2.45, 2.75) is 38.3 Å². The van der Waals surface area contributed by atoms with Gasteiger partial charge in [-0.15, -0.1) is 0 Å². The van der Waals surface area contributed by atoms with Crippen molar-refractivity contribution < 1.29 is 4.52 Å². The van der Waals surface area contributed by atoms with Crippen LogP contribution >= 0.6 is 0 Å². The standard InChI is InChI=1S/C20H24N6O2/c27-20-17-6-5-16(11-18(17)21-13-26(20)15-3-1-2-4-15)25-9-7-24(8-10-25)12-19-22-14-28-23-19/h5-6,11,13-15H,1-4,7-10,12H2. The highest BCUT2D eigenvalue weighted by atomic mass is 16.5. The first-order valence-electron chi connectivity index (χ1n) is 10.0. The molecule has 8 nitrogen and oxygen atoms in total. The molecular formula is C20H24N6O2. The summed E-state index contributed by atoms with van der Waals surface area (Å²) in [6, 6.07) is 6.36. The second kappa shape index (κ2) is 7.35. The minimum absolute atomic E-state index is 0.0911. The Kier molecular flexibility index (Phi) is 4.56. The summed E-state index contributed by atoms with van der Waals surface area (Å²) in [6.07, 6.45) is 7.68. The fourth-order valence-electron chi connectivity index (χ4n) is 4.39. The molecule has 8 heteroatoms. The molecule has 5 rings (SSSR count). The van der Waals surface area contributed by atoms with Gasteiger partial charge in [0.2, 0.25) is 6.39 Å². The van der Waals surface area contributed by atoms with Gasteiger partial charge in [0.05, 0.1) is 23.8 Å². The molecule has 1 aliphatic heterocycles. The molecule has 2 aliphatic rings. The average molecular weight is 380 g/mol. The van der Waals surface area contributed by atoms with E-state index in [1.807, 2.05) is 16.7 Å². The first-order valence-corrected chi connectivity index (χ1v) is 10.0. The predicted molar refractivity (Wildman–Crippen MR) is 105 cm³/mol. The maximum atomic E-state index is 12.9. The zero-order valence-electron chi connectivity index (χ0n) is 15.8. The van der Waals surface area contributed by atoms with Crippen molar-refractivity contribution in [3.63, 3.8) is 0 Å². The van der Waals surface area contributed by atoms with E-state index in [1.165, 1.54) is 19.2 Å². The number of rotatable bonds is 4. The summed E-state index contributed by atoms with van der Waals surface area (Å²) < 4.78 is 6.64. The van der Waals surface area contributed by atoms with Gasteiger partial charge >= 0.3 is 0 Å². The topological polar surface area (TPSA) is 80.3 Å². The Morgan fingerprint density at radius 1 is 1.07 bits per heavy atom. The lowest BCUT2D eigenvalue weighted by atomic mass is 10.1. The second-order valence-electron chi connectivity index (χ2n) is 7.71. The van der Waals surface area contributed by atoms with Crippen molar-refractivity contribution in [2.24, 2.45) is 0 Å². The average Bonchev–Trinajstić information content (AvgIpc) is 3.43. The monoisotopic (exact) mass is 380 g/mol. The van der Waals surface area contributed by atoms with Crippen molar-refractivity contribution in [3.8, 4) is 0 Å². The van der Waals surface area contributed by atoms with Gasteiger partial charge in [0.15, 0.2) is 5.82 Å². The molecule has 1 saturated heterocycles. The Hall–Kier alpha value is -2.74. The number of hydrogen-bond donors (Lipinski definition) is 0. The summed E-state index contributed by atoms with van der Waals surface area (Å²) in [4.78, 5) is 26.2. The summed E-state index contributed by atoms with van der Waals surface area (Å²) in [7, 11) is 0. The molecule has 3 heterocycles. The normalized spacial score (nSPS) is 18.9. The Morgan fingerprint density at radius 3 is 2.64 bits per heavy atom. The van der Waals surface area contributed by atoms with Crippen LogP contribution in [0.25, 0.3) is 10.9 Å². The van der Waals surface area contributed by atoms with Crippen molar-refractivity contribution in [1.29, 1.82) is 0 Å². The summed E-state index contributed by atoms with van der Waals surface area (Å²) in [5, 5.41) is 4.60. The zero-order valence-corrected chi connectivity index (χ0v) is 15.8. The number of aromatic nitrogens is 4. The highest BCUT2D eigenvalue weighted by Gasteiger charge is 2.21. The minimum atomic E-state index is 0.0911. The molecule has 146 valence electrons. The second-order valence-corrected chi connectivity index (χ2v) is 7.71. The molecule has 0 amide bonds. The van der Waals surface area contributed by atoms with Crippen LogP contribution in [-0.4, -0.2) is 50.8 Å². The third-order valence-corrected chi connectivity index (χ3v) is 5.99. The Balaban J connectivity index is 1.31. The molecule has 2 aromatic heterocycles. The number of hydrogen-bond acceptors (Lipinski definition) is 7. The third kappa shape index (κ3) is 3.28. The van der Waals surface area contributed by atoms with Crippen LogP contribution < -0.4 is 10.5 Å². The summed E-state index contributed by atoms with van der Waals surface area (Å²) in [5.41, 5.74) is 2.00. The van der Waals surface area contributed by atoms with Gasteiger partial charge in [-0.05, 0) is 31.0 Å². The molecule has 3 aromatic rings. The zero-order chi connectivity index (χ0) is 18.9. The van der Waals surface area contributed by atoms with Crippen LogP contribution in [0.15, 0.2) is 40.2 Å². The van der Waals surface area contributed by atoms with Crippen molar-refractivity contribution in [3.05, 3.63) is 47.1 Å². The molecule has 0 N–H and O–H groups in total. The van der Waals surface area contributed by atoms with E-state index < -0.39 is 0 Å². The van der Waals surface area contributed by atoms with Gasteiger partial charge in [0.25, 0.3) is 5.56 Å². The van der Waals surface area contributed by atoms with Crippen molar-refractivity contribution in [2.75, 3.05) is 31.1 Å². The van der Waals surface area contributed by atoms with Crippen molar-refractivity contribution in [1.82, 2.24) is 24.6 Å². The van der Waals surface area contributed by atoms with E-state index in [-0.39, 0.29) is 5.56 Å². The van der Waals surface area contributed by atoms with E-state index in [4.69, 9.17) is 4.52 Å². The van der Waals surface area contributed by atoms with Gasteiger partial charge in [0, 0.05) is 37.9 Å². The highest BCUT2D eigenvalue weighted by Crippen LogP contribution is 2.28. The van der Waals surface area contributed by atoms with Gasteiger partial charge in [0.1, 0.15) is 0 Å². The molecule has 0 bridgehead atoms. The molecule has 0 atom stereocenters. The predicted octanol–water partition coefficient (Wildman–Crippen LogP) is 2.22. The molecule has 1 aliphatic carbocycles. The lowest BCUT2D eigenvalue weighted by molar-refractivity contribution is 0.240. The van der Waals surface area contributed by atoms with E-state index in [0.717, 1.165) is 56.0 Å². The van der Waals surface area contributed by atoms with Gasteiger partial charge in [-0.2, -0.15) is 4.98 Å². The van der Waals surface area contributed by atoms with Gasteiger partial charge in [-0.25, -0.2) is 4.98 Å². The molecule has 1 saturated carbocycles. The molecule has 0 radical (unpaired) electrons. The maximum Gasteiger partial charge on any atom is 0.261 e. The first-order chi connectivity index (χ1) is 13.8. The van der Waals surface area contributed by atoms with Crippen LogP contribution in [0.2, 0.25) is 0 Å². The lowest BCUT2D eigenvalue weighted by Gasteiger charge is -2.35. The Bertz CT molecular complexity index is 1000. The Morgan fingerprint density at radius 2 is 1.89 bits per heavy atom. The van der Waals surface area contributed by atoms with Crippen LogP contribution in [0.5, 0.6) is 0 Å². The molecule has 0 spiro atoms. The number of anilines is 1. The SMILES string of the molecule is O=c1c2ccc(N3CCN(Cc4ncon4)CC3)cc2ncn1C1CCCC1. The molecule has 28 heavy (non-hydrogen) atoms. The number of piperazine rings is 1. The van der Waals surface area contributed by atoms with E-state index in [0.29, 0.717) is 18.0 Å². The Labute approximate surface area is 162 Å². The maximum absolute atomic E-state index is 12.9. The number of nitrogens with zero attached hydrogens (tertiary/aromatic N) is 6. The summed E-state index contributed by atoms with van der Waals surface area (Å²) in [6.45, 7) is 4.42. The molecule has 1 aromatic carbocycles. The van der Waals surface area contributed by atoms with Gasteiger partial charge in [-0.1, -0.05) is 18.0 Å². The first kappa shape index (κ1) is 17.4. The summed E-state index contributed by atoms with van der Waals surface area (Å²) in [5.74, 6) is 0.724. The van der Waals surface area contributed by atoms with Crippen LogP contribution in [0.1, 0.15) is 37.5 Å². The van der Waals surface area contributed by atoms with E-state index in [1.54, 1.807) is 6.33 Å². The third-order valence-electron chi connectivity index (χ3n) is 5.99. The van der Waals surface area contributed by atoms with Crippen LogP contribution in [0, 0.1) is 0 Å². The molecule has 2 fully saturated rings. The minimum Gasteiger partial charge on any atom is -0.369 e. The fourth-order valence-corrected chi connectivity index (χ4v) is 4.39. The van der Waals surface area contributed by atoms with Crippen molar-refractivity contribution >= 4 is 16.6 Å². The van der Waals surface area contributed by atoms with Crippen LogP contribution in [-0.2, 0) is 6.54 Å². The van der Waals surface area contributed by atoms with E-state index in [2.05, 4.69) is 31.0 Å². The molecule has 0 unspecified atom stereocenters. The fraction of sp³-hybridized carbons (Fsp3) is 0.500. The van der Waals surface area contributed by atoms with Crippen LogP contribution in [0.3, 0.4) is 0 Å². The smallest absolute Gasteiger partial charge is 0.261 e. The van der Waals surface area contributed by atoms with Gasteiger partial charge < -0.3 is 9.42 Å². The molecular weight excluding hydrogens is 356 g/mol. The highest BCUT2D eigenvalue weighted by molar-refractivity contribution is 5.81. The van der Waals surface area contributed by atoms with Crippen LogP contribution in [0.4, 0.5) is 5.69 Å². The lowest BCUT2D eigenvalue weighted by Crippen LogP contribution is -2.46. The van der Waals surface area contributed by atoms with E-state index in [9.17, 15) is 4.79 Å². The quantitative estimate of drug-likeness (QED) is 0.686. The number of benzene rings is 1. The van der Waals surface area contributed by atoms with E-state index >= 15 is 0 Å².